The lowest BCUT2D eigenvalue weighted by molar-refractivity contribution is -0.122. The highest BCUT2D eigenvalue weighted by Gasteiger charge is 2.29. The first-order valence-corrected chi connectivity index (χ1v) is 10.5. The summed E-state index contributed by atoms with van der Waals surface area (Å²) in [5, 5.41) is 6.30. The lowest BCUT2D eigenvalue weighted by Crippen LogP contribution is -2.42. The summed E-state index contributed by atoms with van der Waals surface area (Å²) in [5.74, 6) is 2.08. The van der Waals surface area contributed by atoms with Crippen LogP contribution in [-0.2, 0) is 11.3 Å². The molecular formula is C23H33N5O2. The zero-order valence-electron chi connectivity index (χ0n) is 18.7. The highest BCUT2D eigenvalue weighted by molar-refractivity contribution is 5.81. The second kappa shape index (κ2) is 9.69. The molecule has 162 valence electrons. The monoisotopic (exact) mass is 411 g/mol. The number of nitrogens with one attached hydrogen (secondary N) is 2. The molecule has 1 amide bonds. The summed E-state index contributed by atoms with van der Waals surface area (Å²) >= 11 is 0. The number of carbonyl (C=O) groups excluding carboxylic acids is 1. The van der Waals surface area contributed by atoms with E-state index in [0.29, 0.717) is 13.1 Å². The average molecular weight is 412 g/mol. The van der Waals surface area contributed by atoms with Crippen LogP contribution in [0, 0.1) is 19.8 Å². The molecule has 0 bridgehead atoms. The maximum Gasteiger partial charge on any atom is 0.223 e. The van der Waals surface area contributed by atoms with Crippen molar-refractivity contribution in [3.8, 4) is 11.4 Å². The number of rotatable bonds is 8. The number of hydrogen-bond donors (Lipinski definition) is 2. The predicted molar refractivity (Wildman–Crippen MR) is 120 cm³/mol. The Labute approximate surface area is 179 Å². The third-order valence-corrected chi connectivity index (χ3v) is 5.50. The van der Waals surface area contributed by atoms with Gasteiger partial charge in [0.05, 0.1) is 7.11 Å². The van der Waals surface area contributed by atoms with E-state index in [1.165, 1.54) is 17.0 Å². The van der Waals surface area contributed by atoms with Gasteiger partial charge in [-0.05, 0) is 62.6 Å². The van der Waals surface area contributed by atoms with E-state index in [1.807, 2.05) is 19.2 Å². The molecule has 0 atom stereocenters. The maximum atomic E-state index is 11.7. The Morgan fingerprint density at radius 3 is 2.47 bits per heavy atom. The minimum absolute atomic E-state index is 0.172. The van der Waals surface area contributed by atoms with Crippen LogP contribution in [0.5, 0.6) is 5.75 Å². The standard InChI is InChI=1S/C23H33N5O2/c1-16-14-19(17(2)28(16)20-8-10-21(30-5)11-9-20)15-27(4)23(24-3)26-13-12-25-22(29)18-6-7-18/h8-11,14,18H,6-7,12-13,15H2,1-5H3,(H,24,26)(H,25,29). The van der Waals surface area contributed by atoms with Gasteiger partial charge in [-0.15, -0.1) is 0 Å². The average Bonchev–Trinajstić information content (AvgIpc) is 3.55. The van der Waals surface area contributed by atoms with E-state index in [0.717, 1.165) is 36.8 Å². The number of aryl methyl sites for hydroxylation is 1. The molecule has 0 unspecified atom stereocenters. The molecule has 7 nitrogen and oxygen atoms in total. The third kappa shape index (κ3) is 5.14. The number of guanidine groups is 1. The quantitative estimate of drug-likeness (QED) is 0.398. The summed E-state index contributed by atoms with van der Waals surface area (Å²) in [6.45, 7) is 6.26. The topological polar surface area (TPSA) is 70.9 Å². The number of aromatic nitrogens is 1. The SMILES string of the molecule is CN=C(NCCNC(=O)C1CC1)N(C)Cc1cc(C)n(-c2ccc(OC)cc2)c1C. The Balaban J connectivity index is 1.60. The van der Waals surface area contributed by atoms with Crippen molar-refractivity contribution in [1.82, 2.24) is 20.1 Å². The van der Waals surface area contributed by atoms with Crippen molar-refractivity contribution in [2.45, 2.75) is 33.2 Å². The highest BCUT2D eigenvalue weighted by Crippen LogP contribution is 2.28. The Hall–Kier alpha value is -2.96. The van der Waals surface area contributed by atoms with E-state index in [9.17, 15) is 4.79 Å². The van der Waals surface area contributed by atoms with Crippen molar-refractivity contribution in [3.05, 3.63) is 47.3 Å². The number of hydrogen-bond acceptors (Lipinski definition) is 3. The van der Waals surface area contributed by atoms with Crippen molar-refractivity contribution < 1.29 is 9.53 Å². The van der Waals surface area contributed by atoms with Gasteiger partial charge in [0.25, 0.3) is 0 Å². The lowest BCUT2D eigenvalue weighted by atomic mass is 10.2. The van der Waals surface area contributed by atoms with E-state index in [1.54, 1.807) is 14.2 Å². The molecule has 2 N–H and O–H groups in total. The van der Waals surface area contributed by atoms with E-state index >= 15 is 0 Å². The fourth-order valence-corrected chi connectivity index (χ4v) is 3.68. The molecule has 1 aliphatic carbocycles. The van der Waals surface area contributed by atoms with Gasteiger partial charge in [-0.25, -0.2) is 0 Å². The number of benzene rings is 1. The Kier molecular flexibility index (Phi) is 7.03. The summed E-state index contributed by atoms with van der Waals surface area (Å²) in [6, 6.07) is 10.3. The Morgan fingerprint density at radius 2 is 1.87 bits per heavy atom. The molecular weight excluding hydrogens is 378 g/mol. The van der Waals surface area contributed by atoms with E-state index in [-0.39, 0.29) is 11.8 Å². The van der Waals surface area contributed by atoms with Gasteiger partial charge in [-0.3, -0.25) is 9.79 Å². The maximum absolute atomic E-state index is 11.7. The summed E-state index contributed by atoms with van der Waals surface area (Å²) < 4.78 is 7.53. The van der Waals surface area contributed by atoms with Gasteiger partial charge in [-0.2, -0.15) is 0 Å². The van der Waals surface area contributed by atoms with Gasteiger partial charge in [-0.1, -0.05) is 0 Å². The van der Waals surface area contributed by atoms with Crippen LogP contribution in [0.3, 0.4) is 0 Å². The second-order valence-corrected chi connectivity index (χ2v) is 7.83. The van der Waals surface area contributed by atoms with Crippen LogP contribution in [-0.4, -0.2) is 55.6 Å². The molecule has 1 saturated carbocycles. The summed E-state index contributed by atoms with van der Waals surface area (Å²) in [5.41, 5.74) is 4.76. The van der Waals surface area contributed by atoms with E-state index in [2.05, 4.69) is 57.1 Å². The van der Waals surface area contributed by atoms with Gasteiger partial charge < -0.3 is 24.8 Å². The minimum atomic E-state index is 0.172. The number of methoxy groups -OCH3 is 1. The minimum Gasteiger partial charge on any atom is -0.497 e. The zero-order chi connectivity index (χ0) is 21.7. The first-order chi connectivity index (χ1) is 14.4. The molecule has 0 saturated heterocycles. The number of ether oxygens (including phenoxy) is 1. The van der Waals surface area contributed by atoms with Crippen LogP contribution in [0.2, 0.25) is 0 Å². The van der Waals surface area contributed by atoms with Gasteiger partial charge in [0.15, 0.2) is 5.96 Å². The van der Waals surface area contributed by atoms with Crippen molar-refractivity contribution in [1.29, 1.82) is 0 Å². The molecule has 0 aliphatic heterocycles. The van der Waals surface area contributed by atoms with Crippen LogP contribution in [0.15, 0.2) is 35.3 Å². The predicted octanol–water partition coefficient (Wildman–Crippen LogP) is 2.64. The van der Waals surface area contributed by atoms with Crippen LogP contribution < -0.4 is 15.4 Å². The smallest absolute Gasteiger partial charge is 0.223 e. The molecule has 1 heterocycles. The van der Waals surface area contributed by atoms with Gasteiger partial charge in [0.2, 0.25) is 5.91 Å². The fraction of sp³-hybridized carbons (Fsp3) is 0.478. The van der Waals surface area contributed by atoms with E-state index in [4.69, 9.17) is 4.74 Å². The summed E-state index contributed by atoms with van der Waals surface area (Å²) in [7, 11) is 5.48. The van der Waals surface area contributed by atoms with Crippen molar-refractivity contribution in [2.75, 3.05) is 34.3 Å². The van der Waals surface area contributed by atoms with Crippen LogP contribution >= 0.6 is 0 Å². The first-order valence-electron chi connectivity index (χ1n) is 10.5. The third-order valence-electron chi connectivity index (χ3n) is 5.50. The van der Waals surface area contributed by atoms with Gasteiger partial charge >= 0.3 is 0 Å². The fourth-order valence-electron chi connectivity index (χ4n) is 3.68. The van der Waals surface area contributed by atoms with Gasteiger partial charge in [0, 0.05) is 56.7 Å². The molecule has 1 aromatic heterocycles. The van der Waals surface area contributed by atoms with Crippen LogP contribution in [0.4, 0.5) is 0 Å². The number of aliphatic imine (C=N–C) groups is 1. The Bertz CT molecular complexity index is 897. The highest BCUT2D eigenvalue weighted by atomic mass is 16.5. The molecule has 1 aromatic carbocycles. The van der Waals surface area contributed by atoms with Crippen molar-refractivity contribution in [2.24, 2.45) is 10.9 Å². The van der Waals surface area contributed by atoms with Crippen LogP contribution in [0.1, 0.15) is 29.8 Å². The molecule has 2 aromatic rings. The number of nitrogens with zero attached hydrogens (tertiary/aromatic N) is 3. The van der Waals surface area contributed by atoms with Crippen molar-refractivity contribution in [3.63, 3.8) is 0 Å². The van der Waals surface area contributed by atoms with Crippen molar-refractivity contribution >= 4 is 11.9 Å². The molecule has 30 heavy (non-hydrogen) atoms. The van der Waals surface area contributed by atoms with E-state index < -0.39 is 0 Å². The number of amides is 1. The zero-order valence-corrected chi connectivity index (χ0v) is 18.7. The lowest BCUT2D eigenvalue weighted by Gasteiger charge is -2.22. The molecule has 1 fully saturated rings. The first kappa shape index (κ1) is 21.7. The molecule has 1 aliphatic rings. The number of carbonyl (C=O) groups is 1. The molecule has 0 spiro atoms. The van der Waals surface area contributed by atoms with Gasteiger partial charge in [0.1, 0.15) is 5.75 Å². The molecule has 3 rings (SSSR count). The largest absolute Gasteiger partial charge is 0.497 e. The normalized spacial score (nSPS) is 13.8. The summed E-state index contributed by atoms with van der Waals surface area (Å²) in [6.07, 6.45) is 2.05. The molecule has 7 heteroatoms. The molecule has 0 radical (unpaired) electrons. The Morgan fingerprint density at radius 1 is 1.20 bits per heavy atom. The van der Waals surface area contributed by atoms with Crippen LogP contribution in [0.25, 0.3) is 5.69 Å². The summed E-state index contributed by atoms with van der Waals surface area (Å²) in [4.78, 5) is 18.2. The second-order valence-electron chi connectivity index (χ2n) is 7.83.